The number of carbonyl (C=O) groups is 1. The van der Waals surface area contributed by atoms with Gasteiger partial charge in [-0.1, -0.05) is 23.7 Å². The second-order valence-corrected chi connectivity index (χ2v) is 5.74. The molecule has 0 aliphatic carbocycles. The molecule has 1 aliphatic rings. The first-order valence-electron chi connectivity index (χ1n) is 7.01. The Morgan fingerprint density at radius 2 is 1.95 bits per heavy atom. The molecular formula is C15H21ClN2O2. The van der Waals surface area contributed by atoms with Crippen LogP contribution < -0.4 is 5.32 Å². The monoisotopic (exact) mass is 296 g/mol. The van der Waals surface area contributed by atoms with E-state index < -0.39 is 0 Å². The molecule has 20 heavy (non-hydrogen) atoms. The van der Waals surface area contributed by atoms with Crippen LogP contribution in [0.15, 0.2) is 24.3 Å². The topological polar surface area (TPSA) is 52.6 Å². The van der Waals surface area contributed by atoms with Crippen LogP contribution in [0.25, 0.3) is 0 Å². The average Bonchev–Trinajstić information content (AvgIpc) is 2.47. The predicted molar refractivity (Wildman–Crippen MR) is 79.5 cm³/mol. The van der Waals surface area contributed by atoms with Crippen LogP contribution in [0, 0.1) is 5.92 Å². The van der Waals surface area contributed by atoms with Crippen molar-refractivity contribution in [1.29, 1.82) is 0 Å². The van der Waals surface area contributed by atoms with Gasteiger partial charge < -0.3 is 10.4 Å². The second-order valence-electron chi connectivity index (χ2n) is 5.31. The van der Waals surface area contributed by atoms with Gasteiger partial charge in [-0.3, -0.25) is 9.69 Å². The third-order valence-corrected chi connectivity index (χ3v) is 3.99. The second kappa shape index (κ2) is 7.62. The van der Waals surface area contributed by atoms with Crippen LogP contribution in [-0.4, -0.2) is 42.2 Å². The van der Waals surface area contributed by atoms with Gasteiger partial charge in [0.25, 0.3) is 0 Å². The molecule has 0 saturated carbocycles. The van der Waals surface area contributed by atoms with Gasteiger partial charge in [0, 0.05) is 18.2 Å². The maximum atomic E-state index is 11.9. The zero-order valence-electron chi connectivity index (χ0n) is 11.5. The highest BCUT2D eigenvalue weighted by atomic mass is 35.5. The number of benzene rings is 1. The molecule has 4 nitrogen and oxygen atoms in total. The Morgan fingerprint density at radius 1 is 1.30 bits per heavy atom. The smallest absolute Gasteiger partial charge is 0.234 e. The molecule has 1 aliphatic heterocycles. The molecule has 0 radical (unpaired) electrons. The number of rotatable bonds is 5. The SMILES string of the molecule is O=C(CN1CCC(CO)CC1)NCc1ccc(Cl)cc1. The summed E-state index contributed by atoms with van der Waals surface area (Å²) in [5.74, 6) is 0.450. The molecule has 2 N–H and O–H groups in total. The minimum atomic E-state index is 0.0439. The summed E-state index contributed by atoms with van der Waals surface area (Å²) < 4.78 is 0. The molecule has 2 rings (SSSR count). The number of aliphatic hydroxyl groups excluding tert-OH is 1. The minimum Gasteiger partial charge on any atom is -0.396 e. The van der Waals surface area contributed by atoms with E-state index in [9.17, 15) is 4.79 Å². The Morgan fingerprint density at radius 3 is 2.55 bits per heavy atom. The van der Waals surface area contributed by atoms with Crippen LogP contribution in [0.2, 0.25) is 5.02 Å². The Hall–Kier alpha value is -1.10. The van der Waals surface area contributed by atoms with Gasteiger partial charge in [0.15, 0.2) is 0 Å². The number of halogens is 1. The summed E-state index contributed by atoms with van der Waals surface area (Å²) >= 11 is 5.82. The largest absolute Gasteiger partial charge is 0.396 e. The fourth-order valence-corrected chi connectivity index (χ4v) is 2.52. The molecule has 1 heterocycles. The molecule has 0 unspecified atom stereocenters. The minimum absolute atomic E-state index is 0.0439. The van der Waals surface area contributed by atoms with E-state index in [0.717, 1.165) is 31.5 Å². The number of aliphatic hydroxyl groups is 1. The molecular weight excluding hydrogens is 276 g/mol. The fourth-order valence-electron chi connectivity index (χ4n) is 2.39. The van der Waals surface area contributed by atoms with Crippen molar-refractivity contribution in [3.05, 3.63) is 34.9 Å². The third-order valence-electron chi connectivity index (χ3n) is 3.74. The molecule has 1 amide bonds. The summed E-state index contributed by atoms with van der Waals surface area (Å²) in [4.78, 5) is 14.0. The van der Waals surface area contributed by atoms with Gasteiger partial charge in [0.1, 0.15) is 0 Å². The fraction of sp³-hybridized carbons (Fsp3) is 0.533. The van der Waals surface area contributed by atoms with E-state index in [0.29, 0.717) is 24.0 Å². The maximum Gasteiger partial charge on any atom is 0.234 e. The summed E-state index contributed by atoms with van der Waals surface area (Å²) in [7, 11) is 0. The summed E-state index contributed by atoms with van der Waals surface area (Å²) in [6.45, 7) is 3.00. The van der Waals surface area contributed by atoms with Gasteiger partial charge >= 0.3 is 0 Å². The molecule has 1 fully saturated rings. The number of nitrogens with one attached hydrogen (secondary N) is 1. The Balaban J connectivity index is 1.69. The van der Waals surface area contributed by atoms with Gasteiger partial charge in [-0.2, -0.15) is 0 Å². The van der Waals surface area contributed by atoms with Crippen molar-refractivity contribution in [2.75, 3.05) is 26.2 Å². The van der Waals surface area contributed by atoms with Gasteiger partial charge in [-0.25, -0.2) is 0 Å². The van der Waals surface area contributed by atoms with Gasteiger partial charge in [-0.15, -0.1) is 0 Å². The first-order chi connectivity index (χ1) is 9.67. The Labute approximate surface area is 124 Å². The van der Waals surface area contributed by atoms with E-state index in [-0.39, 0.29) is 12.5 Å². The van der Waals surface area contributed by atoms with Crippen LogP contribution in [0.1, 0.15) is 18.4 Å². The Kier molecular flexibility index (Phi) is 5.83. The number of amides is 1. The first kappa shape index (κ1) is 15.3. The van der Waals surface area contributed by atoms with Crippen LogP contribution in [-0.2, 0) is 11.3 Å². The first-order valence-corrected chi connectivity index (χ1v) is 7.39. The average molecular weight is 297 g/mol. The number of hydrogen-bond acceptors (Lipinski definition) is 3. The van der Waals surface area contributed by atoms with E-state index in [1.165, 1.54) is 0 Å². The van der Waals surface area contributed by atoms with Crippen LogP contribution in [0.5, 0.6) is 0 Å². The van der Waals surface area contributed by atoms with Gasteiger partial charge in [0.2, 0.25) is 5.91 Å². The Bertz CT molecular complexity index is 428. The molecule has 0 spiro atoms. The van der Waals surface area contributed by atoms with Gasteiger partial charge in [-0.05, 0) is 49.5 Å². The van der Waals surface area contributed by atoms with Crippen molar-refractivity contribution in [3.63, 3.8) is 0 Å². The van der Waals surface area contributed by atoms with Crippen LogP contribution in [0.4, 0.5) is 0 Å². The van der Waals surface area contributed by atoms with Crippen LogP contribution >= 0.6 is 11.6 Å². The van der Waals surface area contributed by atoms with E-state index in [1.54, 1.807) is 0 Å². The van der Waals surface area contributed by atoms with E-state index in [4.69, 9.17) is 16.7 Å². The summed E-state index contributed by atoms with van der Waals surface area (Å²) in [6, 6.07) is 7.47. The van der Waals surface area contributed by atoms with Crippen molar-refractivity contribution in [1.82, 2.24) is 10.2 Å². The van der Waals surface area contributed by atoms with Crippen molar-refractivity contribution in [3.8, 4) is 0 Å². The number of carbonyl (C=O) groups excluding carboxylic acids is 1. The lowest BCUT2D eigenvalue weighted by Crippen LogP contribution is -2.41. The molecule has 110 valence electrons. The molecule has 5 heteroatoms. The molecule has 0 bridgehead atoms. The third kappa shape index (κ3) is 4.78. The highest BCUT2D eigenvalue weighted by molar-refractivity contribution is 6.30. The number of piperidine rings is 1. The number of nitrogens with zero attached hydrogens (tertiary/aromatic N) is 1. The summed E-state index contributed by atoms with van der Waals surface area (Å²) in [5, 5.41) is 12.7. The molecule has 0 aromatic heterocycles. The highest BCUT2D eigenvalue weighted by Gasteiger charge is 2.19. The van der Waals surface area contributed by atoms with Crippen molar-refractivity contribution in [2.24, 2.45) is 5.92 Å². The normalized spacial score (nSPS) is 17.1. The highest BCUT2D eigenvalue weighted by Crippen LogP contribution is 2.15. The molecule has 0 atom stereocenters. The van der Waals surface area contributed by atoms with Gasteiger partial charge in [0.05, 0.1) is 6.54 Å². The van der Waals surface area contributed by atoms with Crippen molar-refractivity contribution >= 4 is 17.5 Å². The maximum absolute atomic E-state index is 11.9. The number of likely N-dealkylation sites (tertiary alicyclic amines) is 1. The van der Waals surface area contributed by atoms with E-state index in [2.05, 4.69) is 10.2 Å². The van der Waals surface area contributed by atoms with Crippen LogP contribution in [0.3, 0.4) is 0 Å². The molecule has 1 aromatic carbocycles. The molecule has 1 saturated heterocycles. The quantitative estimate of drug-likeness (QED) is 0.869. The van der Waals surface area contributed by atoms with E-state index >= 15 is 0 Å². The lowest BCUT2D eigenvalue weighted by Gasteiger charge is -2.30. The lowest BCUT2D eigenvalue weighted by molar-refractivity contribution is -0.122. The standard InChI is InChI=1S/C15H21ClN2O2/c16-14-3-1-12(2-4-14)9-17-15(20)10-18-7-5-13(11-19)6-8-18/h1-4,13,19H,5-11H2,(H,17,20). The summed E-state index contributed by atoms with van der Waals surface area (Å²) in [5.41, 5.74) is 1.04. The zero-order chi connectivity index (χ0) is 14.4. The number of hydrogen-bond donors (Lipinski definition) is 2. The van der Waals surface area contributed by atoms with E-state index in [1.807, 2.05) is 24.3 Å². The molecule has 1 aromatic rings. The summed E-state index contributed by atoms with van der Waals surface area (Å²) in [6.07, 6.45) is 1.95. The van der Waals surface area contributed by atoms with Crippen molar-refractivity contribution < 1.29 is 9.90 Å². The zero-order valence-corrected chi connectivity index (χ0v) is 12.3. The van der Waals surface area contributed by atoms with Crippen molar-refractivity contribution in [2.45, 2.75) is 19.4 Å². The lowest BCUT2D eigenvalue weighted by atomic mass is 9.98. The predicted octanol–water partition coefficient (Wildman–Crippen LogP) is 1.66.